The van der Waals surface area contributed by atoms with Crippen molar-refractivity contribution in [3.05, 3.63) is 66.0 Å². The summed E-state index contributed by atoms with van der Waals surface area (Å²) in [5.74, 6) is -0.277. The predicted molar refractivity (Wildman–Crippen MR) is 103 cm³/mol. The molecule has 0 N–H and O–H groups in total. The molecule has 4 nitrogen and oxygen atoms in total. The Morgan fingerprint density at radius 2 is 1.73 bits per heavy atom. The van der Waals surface area contributed by atoms with Gasteiger partial charge in [-0.3, -0.25) is 0 Å². The van der Waals surface area contributed by atoms with Crippen molar-refractivity contribution in [1.29, 1.82) is 0 Å². The number of carbonyl (C=O) groups excluding carboxylic acids is 1. The lowest BCUT2D eigenvalue weighted by molar-refractivity contribution is -0.850. The number of amides is 1. The molecule has 1 unspecified atom stereocenters. The Balaban J connectivity index is 2.15. The highest BCUT2D eigenvalue weighted by Crippen LogP contribution is 2.18. The Hall–Kier alpha value is -2.40. The zero-order valence-electron chi connectivity index (χ0n) is 15.8. The second-order valence-electron chi connectivity index (χ2n) is 6.52. The van der Waals surface area contributed by atoms with E-state index in [0.29, 0.717) is 19.7 Å². The van der Waals surface area contributed by atoms with Crippen LogP contribution in [-0.2, 0) is 11.3 Å². The van der Waals surface area contributed by atoms with Crippen LogP contribution in [0.3, 0.4) is 0 Å². The molecule has 0 radical (unpaired) electrons. The summed E-state index contributed by atoms with van der Waals surface area (Å²) in [5, 5.41) is 0. The first-order chi connectivity index (χ1) is 12.5. The zero-order chi connectivity index (χ0) is 19.0. The first kappa shape index (κ1) is 19.9. The molecule has 0 aliphatic carbocycles. The second kappa shape index (κ2) is 9.34. The number of para-hydroxylation sites is 1. The molecule has 0 fully saturated rings. The summed E-state index contributed by atoms with van der Waals surface area (Å²) in [4.78, 5) is 14.9. The molecule has 0 saturated heterocycles. The molecule has 0 aliphatic rings. The smallest absolute Gasteiger partial charge is 0.420 e. The maximum atomic E-state index is 13.2. The van der Waals surface area contributed by atoms with Gasteiger partial charge in [-0.1, -0.05) is 30.3 Å². The molecule has 140 valence electrons. The van der Waals surface area contributed by atoms with E-state index in [-0.39, 0.29) is 16.4 Å². The first-order valence-corrected chi connectivity index (χ1v) is 9.05. The van der Waals surface area contributed by atoms with E-state index in [2.05, 4.69) is 24.0 Å². The summed E-state index contributed by atoms with van der Waals surface area (Å²) in [6.45, 7) is 6.88. The molecule has 0 bridgehead atoms. The van der Waals surface area contributed by atoms with Crippen LogP contribution in [0.15, 0.2) is 54.6 Å². The van der Waals surface area contributed by atoms with Crippen LogP contribution in [0.5, 0.6) is 0 Å². The molecule has 2 aromatic rings. The van der Waals surface area contributed by atoms with Crippen molar-refractivity contribution in [1.82, 2.24) is 0 Å². The maximum absolute atomic E-state index is 13.2. The third kappa shape index (κ3) is 5.30. The highest BCUT2D eigenvalue weighted by Gasteiger charge is 2.34. The zero-order valence-corrected chi connectivity index (χ0v) is 15.8. The Bertz CT molecular complexity index is 691. The van der Waals surface area contributed by atoms with Crippen molar-refractivity contribution < 1.29 is 18.4 Å². The Morgan fingerprint density at radius 3 is 2.31 bits per heavy atom. The van der Waals surface area contributed by atoms with Crippen molar-refractivity contribution in [2.24, 2.45) is 0 Å². The van der Waals surface area contributed by atoms with Crippen LogP contribution < -0.4 is 4.90 Å². The van der Waals surface area contributed by atoms with Gasteiger partial charge in [0.05, 0.1) is 20.2 Å². The molecular weight excluding hydrogens is 331 g/mol. The molecule has 1 amide bonds. The summed E-state index contributed by atoms with van der Waals surface area (Å²) in [7, 11) is 1.88. The minimum atomic E-state index is -0.277. The number of carbonyl (C=O) groups is 1. The van der Waals surface area contributed by atoms with Crippen LogP contribution in [0.1, 0.15) is 19.4 Å². The van der Waals surface area contributed by atoms with Gasteiger partial charge in [0.15, 0.2) is 0 Å². The van der Waals surface area contributed by atoms with E-state index in [9.17, 15) is 9.18 Å². The van der Waals surface area contributed by atoms with Crippen molar-refractivity contribution in [2.75, 3.05) is 38.2 Å². The van der Waals surface area contributed by atoms with E-state index in [4.69, 9.17) is 4.74 Å². The molecule has 26 heavy (non-hydrogen) atoms. The number of benzene rings is 2. The Labute approximate surface area is 155 Å². The third-order valence-corrected chi connectivity index (χ3v) is 4.52. The van der Waals surface area contributed by atoms with Crippen LogP contribution in [0.2, 0.25) is 0 Å². The lowest BCUT2D eigenvalue weighted by Crippen LogP contribution is -2.52. The standard InChI is InChI=1S/C21H28FN2O2/c1-4-23(20-9-7-6-8-10-20)15-16-24(3,21(25)26-5-2)17-18-11-13-19(22)14-12-18/h6-14H,4-5,15-17H2,1-3H3/q+1. The minimum absolute atomic E-state index is 0.114. The minimum Gasteiger partial charge on any atom is -0.420 e. The largest absolute Gasteiger partial charge is 0.516 e. The quantitative estimate of drug-likeness (QED) is 0.652. The molecular formula is C21H28FN2O2+. The predicted octanol–water partition coefficient (Wildman–Crippen LogP) is 4.46. The number of halogens is 1. The van der Waals surface area contributed by atoms with Crippen molar-refractivity contribution in [2.45, 2.75) is 20.4 Å². The van der Waals surface area contributed by atoms with Crippen LogP contribution >= 0.6 is 0 Å². The summed E-state index contributed by atoms with van der Waals surface area (Å²) in [6.07, 6.45) is -0.263. The van der Waals surface area contributed by atoms with Crippen molar-refractivity contribution >= 4 is 11.8 Å². The summed E-state index contributed by atoms with van der Waals surface area (Å²) in [5.41, 5.74) is 2.04. The maximum Gasteiger partial charge on any atom is 0.516 e. The van der Waals surface area contributed by atoms with Gasteiger partial charge in [-0.05, 0) is 38.1 Å². The normalized spacial score (nSPS) is 13.1. The van der Waals surface area contributed by atoms with E-state index >= 15 is 0 Å². The number of rotatable bonds is 8. The molecule has 0 heterocycles. The van der Waals surface area contributed by atoms with Crippen molar-refractivity contribution in [3.63, 3.8) is 0 Å². The topological polar surface area (TPSA) is 29.5 Å². The fourth-order valence-electron chi connectivity index (χ4n) is 2.96. The number of quaternary nitrogens is 1. The molecule has 0 aliphatic heterocycles. The Morgan fingerprint density at radius 1 is 1.08 bits per heavy atom. The highest BCUT2D eigenvalue weighted by atomic mass is 19.1. The fourth-order valence-corrected chi connectivity index (χ4v) is 2.96. The van der Waals surface area contributed by atoms with Gasteiger partial charge in [0.2, 0.25) is 0 Å². The number of hydrogen-bond acceptors (Lipinski definition) is 3. The van der Waals surface area contributed by atoms with Crippen molar-refractivity contribution in [3.8, 4) is 0 Å². The number of ether oxygens (including phenoxy) is 1. The third-order valence-electron chi connectivity index (χ3n) is 4.52. The fraction of sp³-hybridized carbons (Fsp3) is 0.381. The molecule has 2 aromatic carbocycles. The van der Waals surface area contributed by atoms with Gasteiger partial charge < -0.3 is 9.64 Å². The Kier molecular flexibility index (Phi) is 7.16. The van der Waals surface area contributed by atoms with Crippen LogP contribution in [0.4, 0.5) is 14.9 Å². The molecule has 0 saturated carbocycles. The lowest BCUT2D eigenvalue weighted by atomic mass is 10.2. The lowest BCUT2D eigenvalue weighted by Gasteiger charge is -2.33. The van der Waals surface area contributed by atoms with Gasteiger partial charge in [-0.25, -0.2) is 8.87 Å². The van der Waals surface area contributed by atoms with Crippen LogP contribution in [0, 0.1) is 5.82 Å². The number of anilines is 1. The first-order valence-electron chi connectivity index (χ1n) is 9.05. The van der Waals surface area contributed by atoms with Gasteiger partial charge in [-0.15, -0.1) is 0 Å². The SMILES string of the molecule is CCOC(=O)[N+](C)(CCN(CC)c1ccccc1)Cc1ccc(F)cc1. The average Bonchev–Trinajstić information content (AvgIpc) is 2.65. The number of hydrogen-bond donors (Lipinski definition) is 0. The molecule has 1 atom stereocenters. The highest BCUT2D eigenvalue weighted by molar-refractivity contribution is 5.59. The number of nitrogens with zero attached hydrogens (tertiary/aromatic N) is 2. The van der Waals surface area contributed by atoms with Gasteiger partial charge in [0.1, 0.15) is 18.9 Å². The van der Waals surface area contributed by atoms with E-state index in [0.717, 1.165) is 24.3 Å². The average molecular weight is 359 g/mol. The van der Waals surface area contributed by atoms with Crippen LogP contribution in [-0.4, -0.2) is 43.9 Å². The molecule has 2 rings (SSSR count). The molecule has 0 aromatic heterocycles. The van der Waals surface area contributed by atoms with Gasteiger partial charge in [-0.2, -0.15) is 4.79 Å². The van der Waals surface area contributed by atoms with E-state index in [1.807, 2.05) is 32.2 Å². The monoisotopic (exact) mass is 359 g/mol. The second-order valence-corrected chi connectivity index (χ2v) is 6.52. The van der Waals surface area contributed by atoms with Gasteiger partial charge >= 0.3 is 6.09 Å². The van der Waals surface area contributed by atoms with E-state index in [1.165, 1.54) is 12.1 Å². The van der Waals surface area contributed by atoms with Gasteiger partial charge in [0, 0.05) is 17.8 Å². The van der Waals surface area contributed by atoms with Gasteiger partial charge in [0.25, 0.3) is 0 Å². The molecule has 0 spiro atoms. The summed E-state index contributed by atoms with van der Waals surface area (Å²) < 4.78 is 18.6. The summed E-state index contributed by atoms with van der Waals surface area (Å²) >= 11 is 0. The van der Waals surface area contributed by atoms with E-state index in [1.54, 1.807) is 12.1 Å². The van der Waals surface area contributed by atoms with E-state index < -0.39 is 0 Å². The number of likely N-dealkylation sites (N-methyl/N-ethyl adjacent to an activating group) is 2. The summed E-state index contributed by atoms with van der Waals surface area (Å²) in [6, 6.07) is 16.4. The molecule has 5 heteroatoms. The van der Waals surface area contributed by atoms with Crippen LogP contribution in [0.25, 0.3) is 0 Å².